The number of hydrogen-bond donors (Lipinski definition) is 3. The van der Waals surface area contributed by atoms with Crippen molar-refractivity contribution in [1.82, 2.24) is 19.5 Å². The van der Waals surface area contributed by atoms with E-state index in [0.29, 0.717) is 36.5 Å². The van der Waals surface area contributed by atoms with Crippen molar-refractivity contribution in [2.24, 2.45) is 21.9 Å². The third-order valence-corrected chi connectivity index (χ3v) is 6.69. The van der Waals surface area contributed by atoms with Gasteiger partial charge in [0.2, 0.25) is 5.91 Å². The lowest BCUT2D eigenvalue weighted by atomic mass is 9.88. The first-order valence-electron chi connectivity index (χ1n) is 11.0. The zero-order valence-corrected chi connectivity index (χ0v) is 18.6. The predicted molar refractivity (Wildman–Crippen MR) is 129 cm³/mol. The number of allylic oxidation sites excluding steroid dienone is 1. The van der Waals surface area contributed by atoms with Gasteiger partial charge >= 0.3 is 0 Å². The van der Waals surface area contributed by atoms with Crippen molar-refractivity contribution < 1.29 is 4.79 Å². The number of anilines is 1. The molecule has 6 N–H and O–H groups in total. The number of amides is 1. The van der Waals surface area contributed by atoms with Crippen LogP contribution in [0.4, 0.5) is 5.69 Å². The summed E-state index contributed by atoms with van der Waals surface area (Å²) < 4.78 is 1.76. The minimum Gasteiger partial charge on any atom is -0.404 e. The summed E-state index contributed by atoms with van der Waals surface area (Å²) in [5.41, 5.74) is 21.9. The molecule has 2 aliphatic rings. The lowest BCUT2D eigenvalue weighted by molar-refractivity contribution is -0.143. The van der Waals surface area contributed by atoms with E-state index in [9.17, 15) is 4.79 Å². The molecule has 1 saturated heterocycles. The number of carbonyl (C=O) groups is 1. The summed E-state index contributed by atoms with van der Waals surface area (Å²) in [6.07, 6.45) is 8.64. The number of aliphatic imine (C=N–C) groups is 1. The lowest BCUT2D eigenvalue weighted by Gasteiger charge is -2.48. The monoisotopic (exact) mass is 444 g/mol. The molecule has 33 heavy (non-hydrogen) atoms. The average molecular weight is 445 g/mol. The fourth-order valence-electron chi connectivity index (χ4n) is 4.20. The van der Waals surface area contributed by atoms with Gasteiger partial charge in [-0.15, -0.1) is 0 Å². The molecular formula is C24H28N8O. The number of aromatic nitrogens is 3. The highest BCUT2D eigenvalue weighted by molar-refractivity contribution is 6.10. The van der Waals surface area contributed by atoms with Gasteiger partial charge in [0.1, 0.15) is 5.54 Å². The Bertz CT molecular complexity index is 1280. The third-order valence-electron chi connectivity index (χ3n) is 6.69. The maximum Gasteiger partial charge on any atom is 0.228 e. The van der Waals surface area contributed by atoms with Gasteiger partial charge in [-0.25, -0.2) is 9.50 Å². The summed E-state index contributed by atoms with van der Waals surface area (Å²) >= 11 is 0. The number of nitrogens with two attached hydrogens (primary N) is 3. The van der Waals surface area contributed by atoms with Gasteiger partial charge in [-0.2, -0.15) is 5.10 Å². The van der Waals surface area contributed by atoms with Crippen LogP contribution in [0.15, 0.2) is 53.9 Å². The molecule has 1 saturated carbocycles. The van der Waals surface area contributed by atoms with Crippen molar-refractivity contribution in [2.45, 2.75) is 25.3 Å². The molecule has 0 unspecified atom stereocenters. The van der Waals surface area contributed by atoms with Gasteiger partial charge in [0.25, 0.3) is 0 Å². The Labute approximate surface area is 192 Å². The van der Waals surface area contributed by atoms with Crippen LogP contribution in [0.1, 0.15) is 25.3 Å². The molecule has 0 atom stereocenters. The summed E-state index contributed by atoms with van der Waals surface area (Å²) in [5.74, 6) is 0.210. The van der Waals surface area contributed by atoms with E-state index >= 15 is 0 Å². The maximum absolute atomic E-state index is 12.6. The molecule has 1 aromatic carbocycles. The molecule has 1 amide bonds. The number of nitrogen functional groups attached to an aromatic ring is 1. The number of benzene rings is 1. The largest absolute Gasteiger partial charge is 0.404 e. The van der Waals surface area contributed by atoms with Crippen LogP contribution in [0.2, 0.25) is 0 Å². The zero-order valence-electron chi connectivity index (χ0n) is 18.6. The zero-order chi connectivity index (χ0) is 23.2. The molecule has 2 fully saturated rings. The van der Waals surface area contributed by atoms with E-state index < -0.39 is 5.54 Å². The Morgan fingerprint density at radius 2 is 2.03 bits per heavy atom. The van der Waals surface area contributed by atoms with Crippen molar-refractivity contribution in [2.75, 3.05) is 25.4 Å². The molecule has 3 aromatic rings. The fourth-order valence-corrected chi connectivity index (χ4v) is 4.20. The number of likely N-dealkylation sites (tertiary alicyclic amines) is 1. The predicted octanol–water partition coefficient (Wildman–Crippen LogP) is 1.69. The molecule has 3 heterocycles. The van der Waals surface area contributed by atoms with Crippen LogP contribution in [-0.2, 0) is 4.79 Å². The van der Waals surface area contributed by atoms with Crippen molar-refractivity contribution in [3.05, 3.63) is 54.5 Å². The van der Waals surface area contributed by atoms with E-state index in [-0.39, 0.29) is 11.3 Å². The first-order valence-corrected chi connectivity index (χ1v) is 11.0. The van der Waals surface area contributed by atoms with Gasteiger partial charge in [-0.05, 0) is 31.0 Å². The summed E-state index contributed by atoms with van der Waals surface area (Å²) in [7, 11) is 0. The van der Waals surface area contributed by atoms with Crippen molar-refractivity contribution in [1.29, 1.82) is 0 Å². The fraction of sp³-hybridized carbons (Fsp3) is 0.333. The third kappa shape index (κ3) is 3.74. The van der Waals surface area contributed by atoms with Gasteiger partial charge in [0.05, 0.1) is 18.1 Å². The normalized spacial score (nSPS) is 19.1. The van der Waals surface area contributed by atoms with Gasteiger partial charge in [-0.3, -0.25) is 9.79 Å². The highest BCUT2D eigenvalue weighted by Crippen LogP contribution is 2.48. The first-order chi connectivity index (χ1) is 15.9. The van der Waals surface area contributed by atoms with E-state index in [4.69, 9.17) is 22.2 Å². The van der Waals surface area contributed by atoms with E-state index in [2.05, 4.69) is 10.1 Å². The highest BCUT2D eigenvalue weighted by atomic mass is 16.2. The van der Waals surface area contributed by atoms with E-state index in [1.54, 1.807) is 23.1 Å². The van der Waals surface area contributed by atoms with Gasteiger partial charge in [0.15, 0.2) is 5.65 Å². The first kappa shape index (κ1) is 21.1. The molecule has 2 aromatic heterocycles. The van der Waals surface area contributed by atoms with Crippen LogP contribution in [0, 0.1) is 5.41 Å². The van der Waals surface area contributed by atoms with Crippen molar-refractivity contribution in [3.63, 3.8) is 0 Å². The topological polar surface area (TPSA) is 141 Å². The number of rotatable bonds is 6. The Kier molecular flexibility index (Phi) is 4.93. The molecular weight excluding hydrogens is 416 g/mol. The quantitative estimate of drug-likeness (QED) is 0.390. The van der Waals surface area contributed by atoms with E-state index in [0.717, 1.165) is 29.7 Å². The Balaban J connectivity index is 1.35. The second-order valence-corrected chi connectivity index (χ2v) is 9.31. The summed E-state index contributed by atoms with van der Waals surface area (Å²) in [6, 6.07) is 9.51. The minimum atomic E-state index is -0.472. The van der Waals surface area contributed by atoms with Gasteiger partial charge in [0, 0.05) is 59.9 Å². The SMILES string of the molecule is CC1(C(=O)N2CC(CN)(N=CC(=CN)c3cnn4c(-c5cccc(N)c5)cnc4c3)C2)CC1. The second kappa shape index (κ2) is 7.70. The molecule has 170 valence electrons. The summed E-state index contributed by atoms with van der Waals surface area (Å²) in [6.45, 7) is 3.46. The molecule has 9 nitrogen and oxygen atoms in total. The number of hydrogen-bond acceptors (Lipinski definition) is 7. The number of carbonyl (C=O) groups excluding carboxylic acids is 1. The second-order valence-electron chi connectivity index (χ2n) is 9.31. The van der Waals surface area contributed by atoms with Crippen LogP contribution in [0.3, 0.4) is 0 Å². The van der Waals surface area contributed by atoms with Crippen LogP contribution in [-0.4, -0.2) is 56.8 Å². The number of fused-ring (bicyclic) bond motifs is 1. The maximum atomic E-state index is 12.6. The van der Waals surface area contributed by atoms with Crippen LogP contribution in [0.5, 0.6) is 0 Å². The molecule has 5 rings (SSSR count). The van der Waals surface area contributed by atoms with E-state index in [1.165, 1.54) is 6.20 Å². The summed E-state index contributed by atoms with van der Waals surface area (Å²) in [4.78, 5) is 23.7. The molecule has 9 heteroatoms. The minimum absolute atomic E-state index is 0.178. The standard InChI is InChI=1S/C24H28N8O/c1-23(5-6-23)22(33)31-14-24(13-26,15-31)29-10-18(9-25)17-8-21-28-12-20(32(21)30-11-17)16-3-2-4-19(27)7-16/h2-4,7-12H,5-6,13-15,25-27H2,1H3. The lowest BCUT2D eigenvalue weighted by Crippen LogP contribution is -2.66. The van der Waals surface area contributed by atoms with Crippen LogP contribution >= 0.6 is 0 Å². The van der Waals surface area contributed by atoms with Crippen LogP contribution in [0.25, 0.3) is 22.5 Å². The highest BCUT2D eigenvalue weighted by Gasteiger charge is 2.53. The van der Waals surface area contributed by atoms with E-state index in [1.807, 2.05) is 42.2 Å². The Morgan fingerprint density at radius 3 is 2.70 bits per heavy atom. The molecule has 0 spiro atoms. The molecule has 1 aliphatic heterocycles. The molecule has 0 bridgehead atoms. The van der Waals surface area contributed by atoms with Gasteiger partial charge < -0.3 is 22.1 Å². The average Bonchev–Trinajstić information content (AvgIpc) is 3.40. The van der Waals surface area contributed by atoms with Crippen molar-refractivity contribution in [3.8, 4) is 11.3 Å². The van der Waals surface area contributed by atoms with Gasteiger partial charge in [-0.1, -0.05) is 19.1 Å². The molecule has 1 aliphatic carbocycles. The smallest absolute Gasteiger partial charge is 0.228 e. The number of nitrogens with zero attached hydrogens (tertiary/aromatic N) is 5. The summed E-state index contributed by atoms with van der Waals surface area (Å²) in [5, 5.41) is 4.56. The molecule has 0 radical (unpaired) electrons. The Morgan fingerprint density at radius 1 is 1.24 bits per heavy atom. The van der Waals surface area contributed by atoms with Crippen LogP contribution < -0.4 is 17.2 Å². The Hall–Kier alpha value is -3.72. The van der Waals surface area contributed by atoms with Crippen molar-refractivity contribution >= 4 is 29.0 Å². The number of imidazole rings is 1.